The Balaban J connectivity index is 1.66. The molecule has 106 valence electrons. The molecule has 2 rings (SSSR count). The van der Waals surface area contributed by atoms with Crippen LogP contribution in [0.25, 0.3) is 0 Å². The number of nitrogens with zero attached hydrogens (tertiary/aromatic N) is 1. The molecule has 1 N–H and O–H groups in total. The van der Waals surface area contributed by atoms with Crippen molar-refractivity contribution in [3.63, 3.8) is 0 Å². The molecule has 2 aromatic rings. The average molecular weight is 290 g/mol. The van der Waals surface area contributed by atoms with Gasteiger partial charge in [0.2, 0.25) is 5.91 Å². The van der Waals surface area contributed by atoms with E-state index in [1.165, 1.54) is 0 Å². The standard InChI is InChI=1S/C15H18N2O2S/c1-19-14-5-2-12(3-6-14)4-7-15(18)16-9-8-13-10-20-11-17-13/h2-3,5-6,10-11H,4,7-9H2,1H3,(H,16,18). The number of thiazole rings is 1. The van der Waals surface area contributed by atoms with Crippen LogP contribution in [-0.4, -0.2) is 24.5 Å². The number of benzene rings is 1. The average Bonchev–Trinajstić information content (AvgIpc) is 2.99. The lowest BCUT2D eigenvalue weighted by atomic mass is 10.1. The maximum Gasteiger partial charge on any atom is 0.220 e. The van der Waals surface area contributed by atoms with Crippen molar-refractivity contribution < 1.29 is 9.53 Å². The van der Waals surface area contributed by atoms with E-state index in [1.807, 2.05) is 29.6 Å². The minimum absolute atomic E-state index is 0.0797. The highest BCUT2D eigenvalue weighted by Crippen LogP contribution is 2.12. The third kappa shape index (κ3) is 4.66. The van der Waals surface area contributed by atoms with Crippen molar-refractivity contribution in [2.75, 3.05) is 13.7 Å². The summed E-state index contributed by atoms with van der Waals surface area (Å²) in [6.07, 6.45) is 2.04. The number of carbonyl (C=O) groups is 1. The molecule has 4 nitrogen and oxygen atoms in total. The van der Waals surface area contributed by atoms with E-state index in [2.05, 4.69) is 10.3 Å². The van der Waals surface area contributed by atoms with Gasteiger partial charge in [0.15, 0.2) is 0 Å². The first-order valence-corrected chi connectivity index (χ1v) is 7.49. The summed E-state index contributed by atoms with van der Waals surface area (Å²) in [6.45, 7) is 0.644. The van der Waals surface area contributed by atoms with E-state index < -0.39 is 0 Å². The third-order valence-electron chi connectivity index (χ3n) is 2.99. The Morgan fingerprint density at radius 1 is 1.30 bits per heavy atom. The minimum Gasteiger partial charge on any atom is -0.497 e. The second-order valence-corrected chi connectivity index (χ2v) is 5.15. The summed E-state index contributed by atoms with van der Waals surface area (Å²) in [5, 5.41) is 4.92. The minimum atomic E-state index is 0.0797. The highest BCUT2D eigenvalue weighted by molar-refractivity contribution is 7.07. The van der Waals surface area contributed by atoms with Crippen LogP contribution in [0.1, 0.15) is 17.7 Å². The molecular formula is C15H18N2O2S. The van der Waals surface area contributed by atoms with Crippen molar-refractivity contribution in [3.8, 4) is 5.75 Å². The lowest BCUT2D eigenvalue weighted by Gasteiger charge is -2.05. The summed E-state index contributed by atoms with van der Waals surface area (Å²) in [6, 6.07) is 7.80. The molecule has 0 saturated carbocycles. The van der Waals surface area contributed by atoms with Gasteiger partial charge in [-0.1, -0.05) is 12.1 Å². The number of hydrogen-bond acceptors (Lipinski definition) is 4. The Labute approximate surface area is 122 Å². The van der Waals surface area contributed by atoms with E-state index in [0.717, 1.165) is 29.8 Å². The fourth-order valence-electron chi connectivity index (χ4n) is 1.83. The molecule has 1 amide bonds. The number of nitrogens with one attached hydrogen (secondary N) is 1. The number of carbonyl (C=O) groups excluding carboxylic acids is 1. The monoisotopic (exact) mass is 290 g/mol. The second kappa shape index (κ2) is 7.65. The summed E-state index contributed by atoms with van der Waals surface area (Å²) in [7, 11) is 1.64. The summed E-state index contributed by atoms with van der Waals surface area (Å²) in [5.41, 5.74) is 3.98. The number of aryl methyl sites for hydroxylation is 1. The number of rotatable bonds is 7. The molecule has 0 saturated heterocycles. The lowest BCUT2D eigenvalue weighted by Crippen LogP contribution is -2.25. The largest absolute Gasteiger partial charge is 0.497 e. The molecule has 0 spiro atoms. The first kappa shape index (κ1) is 14.5. The van der Waals surface area contributed by atoms with Crippen LogP contribution in [0.2, 0.25) is 0 Å². The number of ether oxygens (including phenoxy) is 1. The van der Waals surface area contributed by atoms with E-state index in [9.17, 15) is 4.79 Å². The summed E-state index contributed by atoms with van der Waals surface area (Å²) in [5.74, 6) is 0.914. The maximum absolute atomic E-state index is 11.7. The van der Waals surface area contributed by atoms with Gasteiger partial charge in [-0.2, -0.15) is 0 Å². The second-order valence-electron chi connectivity index (χ2n) is 4.43. The fraction of sp³-hybridized carbons (Fsp3) is 0.333. The van der Waals surface area contributed by atoms with Crippen molar-refractivity contribution in [3.05, 3.63) is 46.4 Å². The lowest BCUT2D eigenvalue weighted by molar-refractivity contribution is -0.121. The van der Waals surface area contributed by atoms with Gasteiger partial charge in [-0.15, -0.1) is 11.3 Å². The summed E-state index contributed by atoms with van der Waals surface area (Å²) >= 11 is 1.57. The zero-order chi connectivity index (χ0) is 14.2. The molecule has 1 heterocycles. The van der Waals surface area contributed by atoms with Crippen molar-refractivity contribution in [1.29, 1.82) is 0 Å². The Bertz CT molecular complexity index is 523. The van der Waals surface area contributed by atoms with E-state index in [-0.39, 0.29) is 5.91 Å². The Kier molecular flexibility index (Phi) is 5.55. The van der Waals surface area contributed by atoms with Crippen LogP contribution in [0, 0.1) is 0 Å². The van der Waals surface area contributed by atoms with Gasteiger partial charge in [0.1, 0.15) is 5.75 Å². The molecule has 20 heavy (non-hydrogen) atoms. The molecule has 0 atom stereocenters. The summed E-state index contributed by atoms with van der Waals surface area (Å²) < 4.78 is 5.10. The number of amides is 1. The predicted molar refractivity (Wildman–Crippen MR) is 80.1 cm³/mol. The quantitative estimate of drug-likeness (QED) is 0.852. The topological polar surface area (TPSA) is 51.2 Å². The molecule has 0 unspecified atom stereocenters. The van der Waals surface area contributed by atoms with Crippen LogP contribution in [-0.2, 0) is 17.6 Å². The van der Waals surface area contributed by atoms with E-state index in [1.54, 1.807) is 24.0 Å². The Morgan fingerprint density at radius 2 is 2.10 bits per heavy atom. The first-order valence-electron chi connectivity index (χ1n) is 6.54. The van der Waals surface area contributed by atoms with Crippen LogP contribution >= 0.6 is 11.3 Å². The first-order chi connectivity index (χ1) is 9.78. The predicted octanol–water partition coefficient (Wildman–Crippen LogP) is 2.44. The number of aromatic nitrogens is 1. The van der Waals surface area contributed by atoms with Crippen molar-refractivity contribution in [2.45, 2.75) is 19.3 Å². The molecular weight excluding hydrogens is 272 g/mol. The van der Waals surface area contributed by atoms with E-state index in [0.29, 0.717) is 13.0 Å². The molecule has 0 aliphatic carbocycles. The highest BCUT2D eigenvalue weighted by Gasteiger charge is 2.03. The van der Waals surface area contributed by atoms with Crippen LogP contribution < -0.4 is 10.1 Å². The SMILES string of the molecule is COc1ccc(CCC(=O)NCCc2cscn2)cc1. The van der Waals surface area contributed by atoms with Crippen LogP contribution in [0.15, 0.2) is 35.2 Å². The molecule has 1 aromatic carbocycles. The van der Waals surface area contributed by atoms with Crippen LogP contribution in [0.5, 0.6) is 5.75 Å². The van der Waals surface area contributed by atoms with Crippen LogP contribution in [0.3, 0.4) is 0 Å². The maximum atomic E-state index is 11.7. The van der Waals surface area contributed by atoms with E-state index in [4.69, 9.17) is 4.74 Å². The molecule has 0 aliphatic heterocycles. The highest BCUT2D eigenvalue weighted by atomic mass is 32.1. The van der Waals surface area contributed by atoms with Gasteiger partial charge in [0, 0.05) is 24.8 Å². The smallest absolute Gasteiger partial charge is 0.220 e. The Hall–Kier alpha value is -1.88. The number of methoxy groups -OCH3 is 1. The van der Waals surface area contributed by atoms with Gasteiger partial charge in [-0.3, -0.25) is 4.79 Å². The molecule has 0 aliphatic rings. The molecule has 1 aromatic heterocycles. The van der Waals surface area contributed by atoms with Gasteiger partial charge >= 0.3 is 0 Å². The van der Waals surface area contributed by atoms with Gasteiger partial charge in [0.05, 0.1) is 18.3 Å². The normalized spacial score (nSPS) is 10.2. The molecule has 0 bridgehead atoms. The van der Waals surface area contributed by atoms with Gasteiger partial charge in [-0.25, -0.2) is 4.98 Å². The van der Waals surface area contributed by atoms with Gasteiger partial charge < -0.3 is 10.1 Å². The van der Waals surface area contributed by atoms with Crippen molar-refractivity contribution in [2.24, 2.45) is 0 Å². The third-order valence-corrected chi connectivity index (χ3v) is 3.62. The Morgan fingerprint density at radius 3 is 2.75 bits per heavy atom. The zero-order valence-electron chi connectivity index (χ0n) is 11.5. The zero-order valence-corrected chi connectivity index (χ0v) is 12.3. The van der Waals surface area contributed by atoms with Crippen molar-refractivity contribution >= 4 is 17.2 Å². The van der Waals surface area contributed by atoms with Crippen LogP contribution in [0.4, 0.5) is 0 Å². The fourth-order valence-corrected chi connectivity index (χ4v) is 2.42. The molecule has 0 fully saturated rings. The summed E-state index contributed by atoms with van der Waals surface area (Å²) in [4.78, 5) is 15.9. The van der Waals surface area contributed by atoms with Gasteiger partial charge in [-0.05, 0) is 24.1 Å². The molecule has 0 radical (unpaired) electrons. The van der Waals surface area contributed by atoms with Gasteiger partial charge in [0.25, 0.3) is 0 Å². The van der Waals surface area contributed by atoms with Crippen molar-refractivity contribution in [1.82, 2.24) is 10.3 Å². The van der Waals surface area contributed by atoms with E-state index >= 15 is 0 Å². The number of hydrogen-bond donors (Lipinski definition) is 1. The molecule has 5 heteroatoms.